The number of esters is 2. The van der Waals surface area contributed by atoms with Gasteiger partial charge in [-0.25, -0.2) is 0 Å². The molecule has 0 aromatic heterocycles. The zero-order valence-corrected chi connectivity index (χ0v) is 15.2. The number of carbonyl (C=O) groups excluding carboxylic acids is 2. The second-order valence-corrected chi connectivity index (χ2v) is 8.49. The molecule has 0 N–H and O–H groups in total. The van der Waals surface area contributed by atoms with Crippen molar-refractivity contribution in [1.29, 1.82) is 0 Å². The van der Waals surface area contributed by atoms with Crippen LogP contribution < -0.4 is 0 Å². The molecule has 5 heteroatoms. The fourth-order valence-corrected chi connectivity index (χ4v) is 5.65. The molecule has 3 heterocycles. The van der Waals surface area contributed by atoms with Crippen molar-refractivity contribution in [2.45, 2.75) is 82.3 Å². The Morgan fingerprint density at radius 1 is 1.08 bits per heavy atom. The molecule has 3 atom stereocenters. The SMILES string of the molecule is O=C1CC(C(=O)OC[C@@H]2CCCN3CCCC[C@H]23)C2(CCCCC2)O1. The summed E-state index contributed by atoms with van der Waals surface area (Å²) in [4.78, 5) is 27.3. The van der Waals surface area contributed by atoms with E-state index >= 15 is 0 Å². The Morgan fingerprint density at radius 2 is 1.88 bits per heavy atom. The van der Waals surface area contributed by atoms with Crippen molar-refractivity contribution in [1.82, 2.24) is 4.90 Å². The van der Waals surface area contributed by atoms with Crippen LogP contribution in [-0.2, 0) is 19.1 Å². The monoisotopic (exact) mass is 349 g/mol. The van der Waals surface area contributed by atoms with Gasteiger partial charge in [0.05, 0.1) is 13.0 Å². The molecule has 4 aliphatic rings. The number of fused-ring (bicyclic) bond motifs is 1. The van der Waals surface area contributed by atoms with Gasteiger partial charge in [-0.1, -0.05) is 12.8 Å². The zero-order chi connectivity index (χ0) is 17.3. The van der Waals surface area contributed by atoms with Crippen molar-refractivity contribution < 1.29 is 19.1 Å². The van der Waals surface area contributed by atoms with E-state index in [-0.39, 0.29) is 24.3 Å². The average molecular weight is 349 g/mol. The Labute approximate surface area is 150 Å². The molecule has 1 unspecified atom stereocenters. The van der Waals surface area contributed by atoms with Gasteiger partial charge in [0.15, 0.2) is 0 Å². The van der Waals surface area contributed by atoms with Gasteiger partial charge >= 0.3 is 11.9 Å². The molecular weight excluding hydrogens is 318 g/mol. The van der Waals surface area contributed by atoms with E-state index in [0.717, 1.165) is 32.1 Å². The van der Waals surface area contributed by atoms with Gasteiger partial charge in [-0.15, -0.1) is 0 Å². The minimum Gasteiger partial charge on any atom is -0.465 e. The largest absolute Gasteiger partial charge is 0.465 e. The highest BCUT2D eigenvalue weighted by Gasteiger charge is 2.53. The van der Waals surface area contributed by atoms with Crippen LogP contribution in [0.2, 0.25) is 0 Å². The third kappa shape index (κ3) is 3.44. The predicted octanol–water partition coefficient (Wildman–Crippen LogP) is 3.06. The molecule has 25 heavy (non-hydrogen) atoms. The maximum atomic E-state index is 12.8. The quantitative estimate of drug-likeness (QED) is 0.733. The normalized spacial score (nSPS) is 35.2. The molecule has 3 saturated heterocycles. The molecule has 0 aromatic rings. The average Bonchev–Trinajstić information content (AvgIpc) is 2.95. The second-order valence-electron chi connectivity index (χ2n) is 8.49. The van der Waals surface area contributed by atoms with E-state index in [1.54, 1.807) is 0 Å². The van der Waals surface area contributed by atoms with Crippen LogP contribution in [0.3, 0.4) is 0 Å². The Kier molecular flexibility index (Phi) is 5.03. The van der Waals surface area contributed by atoms with Crippen LogP contribution in [0.15, 0.2) is 0 Å². The maximum absolute atomic E-state index is 12.8. The lowest BCUT2D eigenvalue weighted by Gasteiger charge is -2.44. The van der Waals surface area contributed by atoms with Crippen molar-refractivity contribution in [2.24, 2.45) is 11.8 Å². The number of piperidine rings is 2. The van der Waals surface area contributed by atoms with Gasteiger partial charge in [-0.05, 0) is 64.5 Å². The van der Waals surface area contributed by atoms with E-state index in [1.165, 1.54) is 45.2 Å². The summed E-state index contributed by atoms with van der Waals surface area (Å²) in [6, 6.07) is 0.584. The molecule has 0 aromatic carbocycles. The molecule has 0 radical (unpaired) electrons. The molecule has 140 valence electrons. The number of hydrogen-bond donors (Lipinski definition) is 0. The lowest BCUT2D eigenvalue weighted by atomic mass is 9.76. The van der Waals surface area contributed by atoms with Gasteiger partial charge in [0, 0.05) is 12.0 Å². The van der Waals surface area contributed by atoms with Crippen LogP contribution in [0.25, 0.3) is 0 Å². The molecule has 4 rings (SSSR count). The molecule has 4 fully saturated rings. The second kappa shape index (κ2) is 7.26. The first-order chi connectivity index (χ1) is 12.2. The highest BCUT2D eigenvalue weighted by molar-refractivity contribution is 5.84. The van der Waals surface area contributed by atoms with Crippen LogP contribution in [0.5, 0.6) is 0 Å². The minimum absolute atomic E-state index is 0.194. The summed E-state index contributed by atoms with van der Waals surface area (Å²) in [6.45, 7) is 2.91. The van der Waals surface area contributed by atoms with Crippen molar-refractivity contribution in [3.8, 4) is 0 Å². The van der Waals surface area contributed by atoms with Gasteiger partial charge in [-0.3, -0.25) is 14.5 Å². The molecule has 0 bridgehead atoms. The summed E-state index contributed by atoms with van der Waals surface area (Å²) in [5, 5.41) is 0. The summed E-state index contributed by atoms with van der Waals surface area (Å²) < 4.78 is 11.4. The van der Waals surface area contributed by atoms with E-state index in [0.29, 0.717) is 18.6 Å². The van der Waals surface area contributed by atoms with Crippen LogP contribution in [0, 0.1) is 11.8 Å². The van der Waals surface area contributed by atoms with Crippen molar-refractivity contribution in [2.75, 3.05) is 19.7 Å². The van der Waals surface area contributed by atoms with Crippen molar-refractivity contribution in [3.63, 3.8) is 0 Å². The maximum Gasteiger partial charge on any atom is 0.313 e. The minimum atomic E-state index is -0.560. The van der Waals surface area contributed by atoms with Gasteiger partial charge in [0.2, 0.25) is 0 Å². The van der Waals surface area contributed by atoms with Crippen LogP contribution in [-0.4, -0.2) is 48.2 Å². The Morgan fingerprint density at radius 3 is 2.72 bits per heavy atom. The molecule has 0 amide bonds. The summed E-state index contributed by atoms with van der Waals surface area (Å²) >= 11 is 0. The van der Waals surface area contributed by atoms with Gasteiger partial charge in [0.1, 0.15) is 11.5 Å². The predicted molar refractivity (Wildman–Crippen MR) is 92.9 cm³/mol. The number of rotatable bonds is 3. The van der Waals surface area contributed by atoms with Crippen LogP contribution in [0.1, 0.15) is 70.6 Å². The first kappa shape index (κ1) is 17.3. The molecule has 5 nitrogen and oxygen atoms in total. The first-order valence-corrected chi connectivity index (χ1v) is 10.3. The third-order valence-corrected chi connectivity index (χ3v) is 6.98. The lowest BCUT2D eigenvalue weighted by Crippen LogP contribution is -2.49. The van der Waals surface area contributed by atoms with Gasteiger partial charge < -0.3 is 9.47 Å². The Hall–Kier alpha value is -1.10. The fraction of sp³-hybridized carbons (Fsp3) is 0.900. The third-order valence-electron chi connectivity index (χ3n) is 6.98. The summed E-state index contributed by atoms with van der Waals surface area (Å²) in [5.74, 6) is -0.342. The van der Waals surface area contributed by atoms with Crippen LogP contribution >= 0.6 is 0 Å². The number of carbonyl (C=O) groups is 2. The lowest BCUT2D eigenvalue weighted by molar-refractivity contribution is -0.163. The highest BCUT2D eigenvalue weighted by atomic mass is 16.6. The molecule has 1 spiro atoms. The Balaban J connectivity index is 1.37. The van der Waals surface area contributed by atoms with Crippen molar-refractivity contribution >= 4 is 11.9 Å². The molecule has 1 saturated carbocycles. The summed E-state index contributed by atoms with van der Waals surface area (Å²) in [6.07, 6.45) is 11.3. The fourth-order valence-electron chi connectivity index (χ4n) is 5.65. The standard InChI is InChI=1S/C20H31NO4/c22-18-13-16(20(25-18)9-3-1-4-10-20)19(23)24-14-15-7-6-12-21-11-5-2-8-17(15)21/h15-17H,1-14H2/t15-,16?,17+/m0/s1. The van der Waals surface area contributed by atoms with E-state index in [4.69, 9.17) is 9.47 Å². The van der Waals surface area contributed by atoms with Gasteiger partial charge in [0.25, 0.3) is 0 Å². The van der Waals surface area contributed by atoms with E-state index in [9.17, 15) is 9.59 Å². The molecular formula is C20H31NO4. The van der Waals surface area contributed by atoms with Crippen molar-refractivity contribution in [3.05, 3.63) is 0 Å². The summed E-state index contributed by atoms with van der Waals surface area (Å²) in [5.41, 5.74) is -0.560. The van der Waals surface area contributed by atoms with E-state index < -0.39 is 5.60 Å². The van der Waals surface area contributed by atoms with Crippen LogP contribution in [0.4, 0.5) is 0 Å². The Bertz CT molecular complexity index is 512. The molecule has 1 aliphatic carbocycles. The smallest absolute Gasteiger partial charge is 0.313 e. The number of nitrogens with zero attached hydrogens (tertiary/aromatic N) is 1. The summed E-state index contributed by atoms with van der Waals surface area (Å²) in [7, 11) is 0. The highest BCUT2D eigenvalue weighted by Crippen LogP contribution is 2.44. The van der Waals surface area contributed by atoms with E-state index in [1.807, 2.05) is 0 Å². The number of ether oxygens (including phenoxy) is 2. The van der Waals surface area contributed by atoms with E-state index in [2.05, 4.69) is 4.90 Å². The molecule has 3 aliphatic heterocycles. The number of hydrogen-bond acceptors (Lipinski definition) is 5. The topological polar surface area (TPSA) is 55.8 Å². The zero-order valence-electron chi connectivity index (χ0n) is 15.2. The van der Waals surface area contributed by atoms with Gasteiger partial charge in [-0.2, -0.15) is 0 Å². The first-order valence-electron chi connectivity index (χ1n) is 10.3.